The molecular formula is C21H33NO3. The topological polar surface area (TPSA) is 59.4 Å². The molecule has 1 N–H and O–H groups in total. The van der Waals surface area contributed by atoms with Crippen molar-refractivity contribution in [3.05, 3.63) is 41.7 Å². The molecule has 1 atom stereocenters. The van der Waals surface area contributed by atoms with Crippen molar-refractivity contribution in [2.75, 3.05) is 7.11 Å². The van der Waals surface area contributed by atoms with Gasteiger partial charge in [-0.25, -0.2) is 0 Å². The molecule has 0 aliphatic carbocycles. The lowest BCUT2D eigenvalue weighted by Gasteiger charge is -2.12. The highest BCUT2D eigenvalue weighted by molar-refractivity contribution is 5.69. The molecule has 1 aromatic rings. The van der Waals surface area contributed by atoms with E-state index in [0.717, 1.165) is 44.9 Å². The third-order valence-corrected chi connectivity index (χ3v) is 4.38. The fraction of sp³-hybridized carbons (Fsp3) is 0.619. The minimum absolute atomic E-state index is 0.152. The zero-order chi connectivity index (χ0) is 18.3. The minimum atomic E-state index is -0.207. The molecule has 0 fully saturated rings. The highest BCUT2D eigenvalue weighted by Gasteiger charge is 2.07. The normalized spacial score (nSPS) is 12.4. The Morgan fingerprint density at radius 2 is 2.08 bits per heavy atom. The molecule has 0 bridgehead atoms. The molecule has 140 valence electrons. The minimum Gasteiger partial charge on any atom is -0.469 e. The number of rotatable bonds is 13. The van der Waals surface area contributed by atoms with Gasteiger partial charge in [0.05, 0.1) is 13.2 Å². The van der Waals surface area contributed by atoms with Crippen LogP contribution in [-0.4, -0.2) is 29.3 Å². The van der Waals surface area contributed by atoms with Crippen molar-refractivity contribution in [2.45, 2.75) is 77.2 Å². The zero-order valence-corrected chi connectivity index (χ0v) is 15.7. The molecule has 4 heteroatoms. The van der Waals surface area contributed by atoms with Gasteiger partial charge >= 0.3 is 5.97 Å². The number of hydrogen-bond acceptors (Lipinski definition) is 4. The summed E-state index contributed by atoms with van der Waals surface area (Å²) in [6, 6.07) is 2.05. The SMILES string of the molecule is CCCCCC(O)CCc1ccncc1CC=CCCCC(=O)OC. The standard InChI is InChI=1S/C21H33NO3/c1-3-4-7-11-20(23)14-13-18-15-16-22-17-19(18)10-8-5-6-9-12-21(24)25-2/h5,8,15-17,20,23H,3-4,6-7,9-14H2,1-2H3. The van der Waals surface area contributed by atoms with E-state index in [2.05, 4.69) is 34.9 Å². The van der Waals surface area contributed by atoms with Gasteiger partial charge in [0.15, 0.2) is 0 Å². The lowest BCUT2D eigenvalue weighted by molar-refractivity contribution is -0.140. The molecule has 0 aromatic carbocycles. The van der Waals surface area contributed by atoms with Gasteiger partial charge in [0.25, 0.3) is 0 Å². The second kappa shape index (κ2) is 13.6. The third-order valence-electron chi connectivity index (χ3n) is 4.38. The highest BCUT2D eigenvalue weighted by atomic mass is 16.5. The van der Waals surface area contributed by atoms with Gasteiger partial charge in [-0.05, 0) is 55.7 Å². The lowest BCUT2D eigenvalue weighted by Crippen LogP contribution is -2.08. The number of allylic oxidation sites excluding steroid dienone is 2. The van der Waals surface area contributed by atoms with E-state index in [9.17, 15) is 9.90 Å². The van der Waals surface area contributed by atoms with E-state index in [-0.39, 0.29) is 12.1 Å². The number of methoxy groups -OCH3 is 1. The Bertz CT molecular complexity index is 514. The van der Waals surface area contributed by atoms with Crippen LogP contribution in [0.15, 0.2) is 30.6 Å². The number of aliphatic hydroxyl groups is 1. The molecular weight excluding hydrogens is 314 g/mol. The van der Waals surface area contributed by atoms with Crippen LogP contribution in [-0.2, 0) is 22.4 Å². The fourth-order valence-corrected chi connectivity index (χ4v) is 2.77. The van der Waals surface area contributed by atoms with Crippen LogP contribution in [0.5, 0.6) is 0 Å². The molecule has 0 saturated heterocycles. The third kappa shape index (κ3) is 10.0. The first-order valence-electron chi connectivity index (χ1n) is 9.49. The summed E-state index contributed by atoms with van der Waals surface area (Å²) in [5.74, 6) is -0.152. The Kier molecular flexibility index (Phi) is 11.6. The van der Waals surface area contributed by atoms with Gasteiger partial charge in [0, 0.05) is 18.8 Å². The van der Waals surface area contributed by atoms with Gasteiger partial charge in [-0.1, -0.05) is 38.3 Å². The predicted molar refractivity (Wildman–Crippen MR) is 101 cm³/mol. The molecule has 0 radical (unpaired) electrons. The van der Waals surface area contributed by atoms with E-state index in [1.165, 1.54) is 31.1 Å². The Morgan fingerprint density at radius 1 is 1.24 bits per heavy atom. The molecule has 25 heavy (non-hydrogen) atoms. The maximum absolute atomic E-state index is 11.0. The van der Waals surface area contributed by atoms with Gasteiger partial charge < -0.3 is 9.84 Å². The fourth-order valence-electron chi connectivity index (χ4n) is 2.77. The summed E-state index contributed by atoms with van der Waals surface area (Å²) in [4.78, 5) is 15.3. The summed E-state index contributed by atoms with van der Waals surface area (Å²) in [6.07, 6.45) is 16.9. The van der Waals surface area contributed by atoms with Crippen LogP contribution in [0, 0.1) is 0 Å². The zero-order valence-electron chi connectivity index (χ0n) is 15.7. The van der Waals surface area contributed by atoms with Crippen LogP contribution in [0.4, 0.5) is 0 Å². The predicted octanol–water partition coefficient (Wildman–Crippen LogP) is 4.40. The second-order valence-electron chi connectivity index (χ2n) is 6.48. The molecule has 0 saturated carbocycles. The van der Waals surface area contributed by atoms with E-state index in [1.807, 2.05) is 12.4 Å². The van der Waals surface area contributed by atoms with Gasteiger partial charge in [0.1, 0.15) is 0 Å². The average Bonchev–Trinajstić information content (AvgIpc) is 2.63. The van der Waals surface area contributed by atoms with Crippen molar-refractivity contribution >= 4 is 5.97 Å². The molecule has 1 heterocycles. The van der Waals surface area contributed by atoms with Crippen LogP contribution in [0.3, 0.4) is 0 Å². The van der Waals surface area contributed by atoms with E-state index in [1.54, 1.807) is 0 Å². The maximum Gasteiger partial charge on any atom is 0.305 e. The molecule has 0 amide bonds. The van der Waals surface area contributed by atoms with Crippen molar-refractivity contribution in [3.63, 3.8) is 0 Å². The van der Waals surface area contributed by atoms with Crippen molar-refractivity contribution in [3.8, 4) is 0 Å². The molecule has 1 rings (SSSR count). The van der Waals surface area contributed by atoms with Gasteiger partial charge in [-0.2, -0.15) is 0 Å². The Labute approximate surface area is 152 Å². The molecule has 0 aliphatic heterocycles. The number of nitrogens with zero attached hydrogens (tertiary/aromatic N) is 1. The van der Waals surface area contributed by atoms with Gasteiger partial charge in [-0.15, -0.1) is 0 Å². The number of ether oxygens (including phenoxy) is 1. The summed E-state index contributed by atoms with van der Waals surface area (Å²) in [7, 11) is 1.42. The van der Waals surface area contributed by atoms with Crippen LogP contribution < -0.4 is 0 Å². The first-order valence-corrected chi connectivity index (χ1v) is 9.49. The average molecular weight is 347 g/mol. The molecule has 1 unspecified atom stereocenters. The maximum atomic E-state index is 11.0. The Hall–Kier alpha value is -1.68. The van der Waals surface area contributed by atoms with Crippen LogP contribution in [0.2, 0.25) is 0 Å². The van der Waals surface area contributed by atoms with Crippen LogP contribution in [0.25, 0.3) is 0 Å². The van der Waals surface area contributed by atoms with Crippen molar-refractivity contribution in [2.24, 2.45) is 0 Å². The molecule has 1 aromatic heterocycles. The smallest absolute Gasteiger partial charge is 0.305 e. The monoisotopic (exact) mass is 347 g/mol. The largest absolute Gasteiger partial charge is 0.469 e. The van der Waals surface area contributed by atoms with E-state index >= 15 is 0 Å². The Balaban J connectivity index is 2.36. The Morgan fingerprint density at radius 3 is 2.84 bits per heavy atom. The molecule has 0 aliphatic rings. The highest BCUT2D eigenvalue weighted by Crippen LogP contribution is 2.15. The summed E-state index contributed by atoms with van der Waals surface area (Å²) in [5, 5.41) is 10.1. The van der Waals surface area contributed by atoms with E-state index < -0.39 is 0 Å². The molecule has 4 nitrogen and oxygen atoms in total. The first-order chi connectivity index (χ1) is 12.2. The number of carbonyl (C=O) groups excluding carboxylic acids is 1. The summed E-state index contributed by atoms with van der Waals surface area (Å²) < 4.78 is 4.63. The summed E-state index contributed by atoms with van der Waals surface area (Å²) in [5.41, 5.74) is 2.48. The number of aryl methyl sites for hydroxylation is 1. The lowest BCUT2D eigenvalue weighted by atomic mass is 9.99. The number of aliphatic hydroxyl groups excluding tert-OH is 1. The summed E-state index contributed by atoms with van der Waals surface area (Å²) >= 11 is 0. The first kappa shape index (κ1) is 21.4. The van der Waals surface area contributed by atoms with Crippen molar-refractivity contribution in [1.82, 2.24) is 4.98 Å². The quantitative estimate of drug-likeness (QED) is 0.326. The van der Waals surface area contributed by atoms with Crippen LogP contribution >= 0.6 is 0 Å². The summed E-state index contributed by atoms with van der Waals surface area (Å²) in [6.45, 7) is 2.18. The number of carbonyl (C=O) groups is 1. The van der Waals surface area contributed by atoms with Crippen molar-refractivity contribution < 1.29 is 14.6 Å². The second-order valence-corrected chi connectivity index (χ2v) is 6.48. The van der Waals surface area contributed by atoms with E-state index in [4.69, 9.17) is 0 Å². The van der Waals surface area contributed by atoms with Crippen molar-refractivity contribution in [1.29, 1.82) is 0 Å². The van der Waals surface area contributed by atoms with E-state index in [0.29, 0.717) is 6.42 Å². The number of pyridine rings is 1. The number of hydrogen-bond donors (Lipinski definition) is 1. The number of unbranched alkanes of at least 4 members (excludes halogenated alkanes) is 3. The number of esters is 1. The number of aromatic nitrogens is 1. The van der Waals surface area contributed by atoms with Crippen LogP contribution in [0.1, 0.15) is 69.4 Å². The van der Waals surface area contributed by atoms with Gasteiger partial charge in [-0.3, -0.25) is 9.78 Å². The molecule has 0 spiro atoms. The van der Waals surface area contributed by atoms with Gasteiger partial charge in [0.2, 0.25) is 0 Å².